The molecule has 2 N–H and O–H groups in total. The van der Waals surface area contributed by atoms with E-state index in [4.69, 9.17) is 0 Å². The van der Waals surface area contributed by atoms with Gasteiger partial charge in [0.2, 0.25) is 0 Å². The fourth-order valence-electron chi connectivity index (χ4n) is 3.33. The van der Waals surface area contributed by atoms with E-state index >= 15 is 0 Å². The van der Waals surface area contributed by atoms with Crippen molar-refractivity contribution in [2.75, 3.05) is 23.3 Å². The summed E-state index contributed by atoms with van der Waals surface area (Å²) in [6.07, 6.45) is 0. The topological polar surface area (TPSA) is 95.6 Å². The molecular formula is C23H21N3O4S. The highest BCUT2D eigenvalue weighted by Gasteiger charge is 2.21. The lowest BCUT2D eigenvalue weighted by Gasteiger charge is -2.14. The zero-order chi connectivity index (χ0) is 21.8. The number of sulfone groups is 1. The molecule has 0 spiro atoms. The van der Waals surface area contributed by atoms with Crippen LogP contribution in [-0.2, 0) is 15.6 Å². The van der Waals surface area contributed by atoms with Crippen molar-refractivity contribution in [1.82, 2.24) is 5.32 Å². The number of hydrogen-bond donors (Lipinski definition) is 2. The first kappa shape index (κ1) is 20.6. The van der Waals surface area contributed by atoms with E-state index in [1.54, 1.807) is 83.8 Å². The number of carbonyl (C=O) groups excluding carboxylic acids is 2. The number of nitrogens with one attached hydrogen (secondary N) is 2. The van der Waals surface area contributed by atoms with E-state index in [9.17, 15) is 18.0 Å². The first-order valence-corrected chi connectivity index (χ1v) is 11.4. The predicted molar refractivity (Wildman–Crippen MR) is 119 cm³/mol. The predicted octanol–water partition coefficient (Wildman–Crippen LogP) is 3.44. The summed E-state index contributed by atoms with van der Waals surface area (Å²) in [5, 5.41) is 5.55. The van der Waals surface area contributed by atoms with Crippen LogP contribution in [0.25, 0.3) is 0 Å². The van der Waals surface area contributed by atoms with Crippen molar-refractivity contribution < 1.29 is 18.0 Å². The molecular weight excluding hydrogens is 414 g/mol. The van der Waals surface area contributed by atoms with Gasteiger partial charge in [-0.1, -0.05) is 30.3 Å². The molecule has 0 radical (unpaired) electrons. The highest BCUT2D eigenvalue weighted by atomic mass is 32.2. The highest BCUT2D eigenvalue weighted by molar-refractivity contribution is 7.90. The van der Waals surface area contributed by atoms with Crippen molar-refractivity contribution >= 4 is 33.2 Å². The maximum atomic E-state index is 12.5. The lowest BCUT2D eigenvalue weighted by atomic mass is 10.1. The van der Waals surface area contributed by atoms with Gasteiger partial charge in [0.15, 0.2) is 9.84 Å². The monoisotopic (exact) mass is 435 g/mol. The summed E-state index contributed by atoms with van der Waals surface area (Å²) < 4.78 is 25.0. The summed E-state index contributed by atoms with van der Waals surface area (Å²) in [5.74, 6) is -0.436. The molecule has 1 fully saturated rings. The third kappa shape index (κ3) is 4.75. The van der Waals surface area contributed by atoms with E-state index < -0.39 is 9.84 Å². The lowest BCUT2D eigenvalue weighted by Crippen LogP contribution is -2.27. The minimum absolute atomic E-state index is 0.133. The third-order valence-corrected chi connectivity index (χ3v) is 6.67. The standard InChI is InChI=1S/C23H21N3O4S/c27-22(25-19-10-12-20(13-11-19)26-15-14-24-23(26)28)18-8-6-17(7-9-18)16-31(29,30)21-4-2-1-3-5-21/h1-13H,14-16H2,(H,24,28)(H,25,27). The Morgan fingerprint density at radius 1 is 0.935 bits per heavy atom. The average Bonchev–Trinajstić information content (AvgIpc) is 3.21. The SMILES string of the molecule is O=C(Nc1ccc(N2CCNC2=O)cc1)c1ccc(CS(=O)(=O)c2ccccc2)cc1. The molecule has 1 aliphatic heterocycles. The van der Waals surface area contributed by atoms with Crippen molar-refractivity contribution in [3.63, 3.8) is 0 Å². The van der Waals surface area contributed by atoms with Crippen molar-refractivity contribution in [3.8, 4) is 0 Å². The van der Waals surface area contributed by atoms with Crippen LogP contribution in [0, 0.1) is 0 Å². The van der Waals surface area contributed by atoms with Gasteiger partial charge in [-0.15, -0.1) is 0 Å². The van der Waals surface area contributed by atoms with Gasteiger partial charge in [0.25, 0.3) is 5.91 Å². The molecule has 0 atom stereocenters. The molecule has 158 valence electrons. The molecule has 8 heteroatoms. The van der Waals surface area contributed by atoms with Crippen LogP contribution in [0.4, 0.5) is 16.2 Å². The van der Waals surface area contributed by atoms with E-state index in [-0.39, 0.29) is 22.6 Å². The fourth-order valence-corrected chi connectivity index (χ4v) is 4.70. The van der Waals surface area contributed by atoms with E-state index in [1.165, 1.54) is 0 Å². The van der Waals surface area contributed by atoms with Crippen LogP contribution in [0.2, 0.25) is 0 Å². The molecule has 0 saturated carbocycles. The molecule has 3 amide bonds. The number of carbonyl (C=O) groups is 2. The van der Waals surface area contributed by atoms with Gasteiger partial charge in [-0.2, -0.15) is 0 Å². The zero-order valence-electron chi connectivity index (χ0n) is 16.6. The Morgan fingerprint density at radius 2 is 1.61 bits per heavy atom. The van der Waals surface area contributed by atoms with Crippen LogP contribution >= 0.6 is 0 Å². The van der Waals surface area contributed by atoms with Crippen LogP contribution in [0.15, 0.2) is 83.8 Å². The summed E-state index contributed by atoms with van der Waals surface area (Å²) in [4.78, 5) is 26.1. The van der Waals surface area contributed by atoms with Crippen molar-refractivity contribution in [2.45, 2.75) is 10.6 Å². The van der Waals surface area contributed by atoms with Gasteiger partial charge in [0.1, 0.15) is 0 Å². The molecule has 3 aromatic carbocycles. The number of amides is 3. The number of benzene rings is 3. The molecule has 31 heavy (non-hydrogen) atoms. The van der Waals surface area contributed by atoms with Gasteiger partial charge in [0, 0.05) is 30.0 Å². The van der Waals surface area contributed by atoms with Crippen LogP contribution in [0.3, 0.4) is 0 Å². The molecule has 0 aromatic heterocycles. The third-order valence-electron chi connectivity index (χ3n) is 4.97. The Hall–Kier alpha value is -3.65. The number of hydrogen-bond acceptors (Lipinski definition) is 4. The zero-order valence-corrected chi connectivity index (χ0v) is 17.4. The largest absolute Gasteiger partial charge is 0.336 e. The Kier molecular flexibility index (Phi) is 5.73. The van der Waals surface area contributed by atoms with Crippen molar-refractivity contribution in [1.29, 1.82) is 0 Å². The molecule has 3 aromatic rings. The summed E-state index contributed by atoms with van der Waals surface area (Å²) in [5.41, 5.74) is 2.39. The molecule has 7 nitrogen and oxygen atoms in total. The maximum absolute atomic E-state index is 12.5. The summed E-state index contributed by atoms with van der Waals surface area (Å²) in [6.45, 7) is 1.22. The van der Waals surface area contributed by atoms with Gasteiger partial charge in [-0.05, 0) is 54.1 Å². The van der Waals surface area contributed by atoms with Crippen LogP contribution < -0.4 is 15.5 Å². The van der Waals surface area contributed by atoms with Gasteiger partial charge >= 0.3 is 6.03 Å². The summed E-state index contributed by atoms with van der Waals surface area (Å²) >= 11 is 0. The van der Waals surface area contributed by atoms with E-state index in [0.29, 0.717) is 29.9 Å². The first-order chi connectivity index (χ1) is 14.9. The number of rotatable bonds is 6. The maximum Gasteiger partial charge on any atom is 0.321 e. The van der Waals surface area contributed by atoms with Gasteiger partial charge < -0.3 is 10.6 Å². The van der Waals surface area contributed by atoms with Crippen LogP contribution in [0.1, 0.15) is 15.9 Å². The second-order valence-corrected chi connectivity index (χ2v) is 9.14. The van der Waals surface area contributed by atoms with Gasteiger partial charge in [0.05, 0.1) is 10.6 Å². The second-order valence-electron chi connectivity index (χ2n) is 7.15. The Balaban J connectivity index is 1.40. The molecule has 0 bridgehead atoms. The average molecular weight is 436 g/mol. The van der Waals surface area contributed by atoms with Crippen LogP contribution in [-0.4, -0.2) is 33.4 Å². The molecule has 0 unspecified atom stereocenters. The van der Waals surface area contributed by atoms with Gasteiger partial charge in [-0.25, -0.2) is 13.2 Å². The quantitative estimate of drug-likeness (QED) is 0.620. The minimum atomic E-state index is -3.44. The normalized spacial score (nSPS) is 13.7. The lowest BCUT2D eigenvalue weighted by molar-refractivity contribution is 0.102. The molecule has 4 rings (SSSR count). The Morgan fingerprint density at radius 3 is 2.23 bits per heavy atom. The van der Waals surface area contributed by atoms with Crippen LogP contribution in [0.5, 0.6) is 0 Å². The Labute approximate surface area is 180 Å². The highest BCUT2D eigenvalue weighted by Crippen LogP contribution is 2.21. The van der Waals surface area contributed by atoms with Crippen molar-refractivity contribution in [3.05, 3.63) is 90.0 Å². The first-order valence-electron chi connectivity index (χ1n) is 9.76. The van der Waals surface area contributed by atoms with E-state index in [2.05, 4.69) is 10.6 Å². The number of nitrogens with zero attached hydrogens (tertiary/aromatic N) is 1. The summed E-state index contributed by atoms with van der Waals surface area (Å²) in [7, 11) is -3.44. The summed E-state index contributed by atoms with van der Waals surface area (Å²) in [6, 6.07) is 21.7. The fraction of sp³-hybridized carbons (Fsp3) is 0.130. The van der Waals surface area contributed by atoms with E-state index in [1.807, 2.05) is 0 Å². The van der Waals surface area contributed by atoms with E-state index in [0.717, 1.165) is 5.69 Å². The molecule has 1 aliphatic rings. The minimum Gasteiger partial charge on any atom is -0.336 e. The van der Waals surface area contributed by atoms with Crippen molar-refractivity contribution in [2.24, 2.45) is 0 Å². The molecule has 1 heterocycles. The Bertz CT molecular complexity index is 1190. The number of anilines is 2. The molecule has 1 saturated heterocycles. The molecule has 0 aliphatic carbocycles. The number of urea groups is 1. The smallest absolute Gasteiger partial charge is 0.321 e. The van der Waals surface area contributed by atoms with Gasteiger partial charge in [-0.3, -0.25) is 9.69 Å². The second kappa shape index (κ2) is 8.61.